The highest BCUT2D eigenvalue weighted by Gasteiger charge is 2.07. The van der Waals surface area contributed by atoms with E-state index in [0.717, 1.165) is 17.7 Å². The Balaban J connectivity index is 2.25. The number of rotatable bonds is 3. The molecule has 94 valence electrons. The topological polar surface area (TPSA) is 38.9 Å². The van der Waals surface area contributed by atoms with Gasteiger partial charge in [-0.05, 0) is 48.2 Å². The zero-order valence-corrected chi connectivity index (χ0v) is 10.7. The molecule has 0 bridgehead atoms. The molecule has 0 saturated heterocycles. The lowest BCUT2D eigenvalue weighted by atomic mass is 10.0. The first-order valence-electron chi connectivity index (χ1n) is 6.08. The summed E-state index contributed by atoms with van der Waals surface area (Å²) >= 11 is 0. The molecule has 0 unspecified atom stereocenters. The molecule has 0 fully saturated rings. The first-order chi connectivity index (χ1) is 8.60. The van der Waals surface area contributed by atoms with Crippen LogP contribution in [-0.4, -0.2) is 4.98 Å². The quantitative estimate of drug-likeness (QED) is 0.842. The molecule has 0 aliphatic rings. The molecule has 3 heteroatoms. The van der Waals surface area contributed by atoms with Crippen LogP contribution in [0.4, 0.5) is 10.1 Å². The number of hydrogen-bond donors (Lipinski definition) is 1. The van der Waals surface area contributed by atoms with Gasteiger partial charge in [-0.2, -0.15) is 0 Å². The van der Waals surface area contributed by atoms with Crippen molar-refractivity contribution in [3.05, 3.63) is 58.7 Å². The summed E-state index contributed by atoms with van der Waals surface area (Å²) in [6.45, 7) is 3.88. The minimum atomic E-state index is -0.219. The van der Waals surface area contributed by atoms with Gasteiger partial charge in [0.05, 0.1) is 0 Å². The van der Waals surface area contributed by atoms with Crippen LogP contribution in [0, 0.1) is 12.7 Å². The van der Waals surface area contributed by atoms with Crippen LogP contribution in [0.3, 0.4) is 0 Å². The van der Waals surface area contributed by atoms with Gasteiger partial charge in [0.2, 0.25) is 0 Å². The summed E-state index contributed by atoms with van der Waals surface area (Å²) < 4.78 is 13.8. The molecule has 2 aromatic rings. The minimum absolute atomic E-state index is 0.219. The van der Waals surface area contributed by atoms with Crippen LogP contribution in [0.25, 0.3) is 0 Å². The third-order valence-electron chi connectivity index (χ3n) is 3.10. The Morgan fingerprint density at radius 3 is 2.67 bits per heavy atom. The summed E-state index contributed by atoms with van der Waals surface area (Å²) in [6.07, 6.45) is 3.27. The SMILES string of the molecule is CCc1ccc(Cc2cc(N)c(C)cc2F)nc1. The van der Waals surface area contributed by atoms with Crippen molar-refractivity contribution in [2.75, 3.05) is 5.73 Å². The van der Waals surface area contributed by atoms with Gasteiger partial charge in [0, 0.05) is 24.0 Å². The number of nitrogens with zero attached hydrogens (tertiary/aromatic N) is 1. The smallest absolute Gasteiger partial charge is 0.127 e. The van der Waals surface area contributed by atoms with Crippen LogP contribution in [0.5, 0.6) is 0 Å². The van der Waals surface area contributed by atoms with Crippen molar-refractivity contribution in [3.8, 4) is 0 Å². The van der Waals surface area contributed by atoms with Crippen molar-refractivity contribution in [2.45, 2.75) is 26.7 Å². The Kier molecular flexibility index (Phi) is 3.60. The second-order valence-electron chi connectivity index (χ2n) is 4.49. The van der Waals surface area contributed by atoms with Crippen molar-refractivity contribution < 1.29 is 4.39 Å². The molecule has 0 atom stereocenters. The van der Waals surface area contributed by atoms with Crippen molar-refractivity contribution in [2.24, 2.45) is 0 Å². The summed E-state index contributed by atoms with van der Waals surface area (Å²) in [5.74, 6) is -0.219. The molecule has 1 aromatic heterocycles. The first kappa shape index (κ1) is 12.6. The van der Waals surface area contributed by atoms with E-state index in [-0.39, 0.29) is 5.82 Å². The lowest BCUT2D eigenvalue weighted by Gasteiger charge is -2.07. The van der Waals surface area contributed by atoms with Crippen molar-refractivity contribution in [1.29, 1.82) is 0 Å². The number of aromatic nitrogens is 1. The maximum atomic E-state index is 13.8. The Morgan fingerprint density at radius 2 is 2.06 bits per heavy atom. The van der Waals surface area contributed by atoms with E-state index in [9.17, 15) is 4.39 Å². The molecule has 0 radical (unpaired) electrons. The fraction of sp³-hybridized carbons (Fsp3) is 0.267. The lowest BCUT2D eigenvalue weighted by molar-refractivity contribution is 0.612. The van der Waals surface area contributed by atoms with E-state index in [4.69, 9.17) is 5.73 Å². The molecular formula is C15H17FN2. The Labute approximate surface area is 107 Å². The van der Waals surface area contributed by atoms with Gasteiger partial charge in [-0.25, -0.2) is 4.39 Å². The molecule has 2 rings (SSSR count). The summed E-state index contributed by atoms with van der Waals surface area (Å²) in [5.41, 5.74) is 9.82. The second kappa shape index (κ2) is 5.17. The zero-order valence-electron chi connectivity index (χ0n) is 10.7. The minimum Gasteiger partial charge on any atom is -0.399 e. The Bertz CT molecular complexity index is 547. The van der Waals surface area contributed by atoms with E-state index in [1.54, 1.807) is 13.0 Å². The first-order valence-corrected chi connectivity index (χ1v) is 6.08. The van der Waals surface area contributed by atoms with Gasteiger partial charge in [0.1, 0.15) is 5.82 Å². The van der Waals surface area contributed by atoms with E-state index in [1.807, 2.05) is 18.3 Å². The number of halogens is 1. The number of nitrogen functional groups attached to an aromatic ring is 1. The zero-order chi connectivity index (χ0) is 13.1. The molecule has 0 saturated carbocycles. The highest BCUT2D eigenvalue weighted by molar-refractivity contribution is 5.49. The summed E-state index contributed by atoms with van der Waals surface area (Å²) in [5, 5.41) is 0. The molecule has 1 heterocycles. The van der Waals surface area contributed by atoms with E-state index < -0.39 is 0 Å². The Morgan fingerprint density at radius 1 is 1.28 bits per heavy atom. The highest BCUT2D eigenvalue weighted by Crippen LogP contribution is 2.19. The molecule has 0 aliphatic heterocycles. The van der Waals surface area contributed by atoms with Crippen molar-refractivity contribution >= 4 is 5.69 Å². The summed E-state index contributed by atoms with van der Waals surface area (Å²) in [6, 6.07) is 7.14. The van der Waals surface area contributed by atoms with Crippen LogP contribution < -0.4 is 5.73 Å². The van der Waals surface area contributed by atoms with Crippen molar-refractivity contribution in [1.82, 2.24) is 4.98 Å². The van der Waals surface area contributed by atoms with E-state index in [1.165, 1.54) is 11.6 Å². The normalized spacial score (nSPS) is 10.6. The van der Waals surface area contributed by atoms with E-state index >= 15 is 0 Å². The molecule has 0 aliphatic carbocycles. The highest BCUT2D eigenvalue weighted by atomic mass is 19.1. The molecule has 18 heavy (non-hydrogen) atoms. The van der Waals surface area contributed by atoms with Crippen LogP contribution in [0.2, 0.25) is 0 Å². The molecule has 0 amide bonds. The summed E-state index contributed by atoms with van der Waals surface area (Å²) in [4.78, 5) is 4.33. The monoisotopic (exact) mass is 244 g/mol. The van der Waals surface area contributed by atoms with Gasteiger partial charge in [0.15, 0.2) is 0 Å². The fourth-order valence-electron chi connectivity index (χ4n) is 1.84. The molecular weight excluding hydrogens is 227 g/mol. The maximum Gasteiger partial charge on any atom is 0.127 e. The summed E-state index contributed by atoms with van der Waals surface area (Å²) in [7, 11) is 0. The van der Waals surface area contributed by atoms with Gasteiger partial charge >= 0.3 is 0 Å². The van der Waals surface area contributed by atoms with Gasteiger partial charge in [-0.1, -0.05) is 13.0 Å². The number of pyridine rings is 1. The number of anilines is 1. The molecule has 2 N–H and O–H groups in total. The number of hydrogen-bond acceptors (Lipinski definition) is 2. The van der Waals surface area contributed by atoms with Crippen LogP contribution in [0.15, 0.2) is 30.5 Å². The fourth-order valence-corrected chi connectivity index (χ4v) is 1.84. The third kappa shape index (κ3) is 2.67. The van der Waals surface area contributed by atoms with Gasteiger partial charge in [-0.15, -0.1) is 0 Å². The van der Waals surface area contributed by atoms with E-state index in [2.05, 4.69) is 11.9 Å². The van der Waals surface area contributed by atoms with Crippen LogP contribution in [0.1, 0.15) is 29.3 Å². The average Bonchev–Trinajstić information content (AvgIpc) is 2.37. The van der Waals surface area contributed by atoms with Gasteiger partial charge < -0.3 is 5.73 Å². The third-order valence-corrected chi connectivity index (χ3v) is 3.10. The average molecular weight is 244 g/mol. The Hall–Kier alpha value is -1.90. The second-order valence-corrected chi connectivity index (χ2v) is 4.49. The van der Waals surface area contributed by atoms with E-state index in [0.29, 0.717) is 17.7 Å². The predicted molar refractivity (Wildman–Crippen MR) is 72.0 cm³/mol. The standard InChI is InChI=1S/C15H17FN2/c1-3-11-4-5-13(18-9-11)7-12-8-15(17)10(2)6-14(12)16/h4-6,8-9H,3,7,17H2,1-2H3. The van der Waals surface area contributed by atoms with Crippen LogP contribution in [-0.2, 0) is 12.8 Å². The predicted octanol–water partition coefficient (Wildman–Crippen LogP) is 3.26. The molecule has 2 nitrogen and oxygen atoms in total. The molecule has 1 aromatic carbocycles. The van der Waals surface area contributed by atoms with Crippen LogP contribution >= 0.6 is 0 Å². The van der Waals surface area contributed by atoms with Gasteiger partial charge in [-0.3, -0.25) is 4.98 Å². The largest absolute Gasteiger partial charge is 0.399 e. The number of nitrogens with two attached hydrogens (primary N) is 1. The number of aryl methyl sites for hydroxylation is 2. The maximum absolute atomic E-state index is 13.8. The van der Waals surface area contributed by atoms with Crippen molar-refractivity contribution in [3.63, 3.8) is 0 Å². The lowest BCUT2D eigenvalue weighted by Crippen LogP contribution is -1.99. The van der Waals surface area contributed by atoms with Gasteiger partial charge in [0.25, 0.3) is 0 Å². The number of benzene rings is 1. The molecule has 0 spiro atoms.